The molecule has 0 spiro atoms. The molecule has 0 bridgehead atoms. The lowest BCUT2D eigenvalue weighted by Crippen LogP contribution is -2.30. The Morgan fingerprint density at radius 1 is 0.755 bits per heavy atom. The van der Waals surface area contributed by atoms with E-state index in [1.807, 2.05) is 0 Å². The van der Waals surface area contributed by atoms with Gasteiger partial charge in [-0.1, -0.05) is 78.3 Å². The van der Waals surface area contributed by atoms with Crippen LogP contribution in [0.25, 0.3) is 6.08 Å². The predicted octanol–water partition coefficient (Wildman–Crippen LogP) is 9.38. The second kappa shape index (κ2) is 15.7. The molecule has 0 fully saturated rings. The molecule has 0 aromatic heterocycles. The first-order valence-electron chi connectivity index (χ1n) is 14.6. The van der Waals surface area contributed by atoms with Gasteiger partial charge in [0.15, 0.2) is 0 Å². The predicted molar refractivity (Wildman–Crippen MR) is 183 cm³/mol. The summed E-state index contributed by atoms with van der Waals surface area (Å²) >= 11 is 7.24. The molecule has 1 atom stereocenters. The first kappa shape index (κ1) is 34.9. The van der Waals surface area contributed by atoms with Gasteiger partial charge < -0.3 is 16.0 Å². The number of rotatable bonds is 10. The third kappa shape index (κ3) is 9.59. The minimum atomic E-state index is -4.64. The standard InChI is InChI=1S/C37H26ClF4N3O3S/c38-30-19-16-26(37(40,41)42)21-31(30)44-36(48)33(24-8-3-1-4-9-24)49-29-13-7-12-28(22-29)43-35(47)32(20-23-14-17-27(39)18-15-23)45-34(46)25-10-5-2-6-11-25/h1-22,33H,(H,43,47)(H,44,48)(H,45,46)/b32-20-. The summed E-state index contributed by atoms with van der Waals surface area (Å²) in [5.41, 5.74) is 0.391. The monoisotopic (exact) mass is 703 g/mol. The van der Waals surface area contributed by atoms with Gasteiger partial charge in [0.05, 0.1) is 16.3 Å². The Bertz CT molecular complexity index is 1990. The number of hydrogen-bond donors (Lipinski definition) is 3. The van der Waals surface area contributed by atoms with E-state index in [1.54, 1.807) is 84.9 Å². The van der Waals surface area contributed by atoms with Crippen LogP contribution in [-0.4, -0.2) is 17.7 Å². The molecular formula is C37H26ClF4N3O3S. The Kier molecular flexibility index (Phi) is 11.2. The molecule has 12 heteroatoms. The largest absolute Gasteiger partial charge is 0.416 e. The van der Waals surface area contributed by atoms with E-state index in [0.29, 0.717) is 27.3 Å². The second-order valence-corrected chi connectivity index (χ2v) is 12.1. The number of halogens is 5. The average molecular weight is 704 g/mol. The van der Waals surface area contributed by atoms with Gasteiger partial charge in [0.1, 0.15) is 16.8 Å². The summed E-state index contributed by atoms with van der Waals surface area (Å²) in [6, 6.07) is 31.5. The lowest BCUT2D eigenvalue weighted by molar-refractivity contribution is -0.137. The highest BCUT2D eigenvalue weighted by Crippen LogP contribution is 2.39. The van der Waals surface area contributed by atoms with Crippen molar-refractivity contribution < 1.29 is 31.9 Å². The minimum Gasteiger partial charge on any atom is -0.323 e. The van der Waals surface area contributed by atoms with Gasteiger partial charge in [0.2, 0.25) is 5.91 Å². The van der Waals surface area contributed by atoms with Gasteiger partial charge in [0, 0.05) is 16.1 Å². The Balaban J connectivity index is 1.39. The Hall–Kier alpha value is -5.39. The molecular weight excluding hydrogens is 678 g/mol. The summed E-state index contributed by atoms with van der Waals surface area (Å²) in [4.78, 5) is 40.6. The van der Waals surface area contributed by atoms with E-state index < -0.39 is 40.5 Å². The fourth-order valence-corrected chi connectivity index (χ4v) is 5.79. The van der Waals surface area contributed by atoms with Crippen molar-refractivity contribution in [3.8, 4) is 0 Å². The number of nitrogens with one attached hydrogen (secondary N) is 3. The molecule has 3 amide bonds. The molecule has 5 rings (SSSR count). The Morgan fingerprint density at radius 2 is 1.43 bits per heavy atom. The zero-order valence-electron chi connectivity index (χ0n) is 25.3. The van der Waals surface area contributed by atoms with Gasteiger partial charge in [-0.25, -0.2) is 4.39 Å². The molecule has 0 saturated carbocycles. The van der Waals surface area contributed by atoms with E-state index in [0.717, 1.165) is 30.0 Å². The van der Waals surface area contributed by atoms with Crippen molar-refractivity contribution in [3.63, 3.8) is 0 Å². The number of amides is 3. The molecule has 49 heavy (non-hydrogen) atoms. The van der Waals surface area contributed by atoms with Gasteiger partial charge >= 0.3 is 6.18 Å². The van der Waals surface area contributed by atoms with Crippen LogP contribution in [0.3, 0.4) is 0 Å². The summed E-state index contributed by atoms with van der Waals surface area (Å²) in [6.45, 7) is 0. The molecule has 0 aliphatic heterocycles. The Labute approximate surface area is 288 Å². The smallest absolute Gasteiger partial charge is 0.323 e. The van der Waals surface area contributed by atoms with Crippen LogP contribution in [0, 0.1) is 5.82 Å². The lowest BCUT2D eigenvalue weighted by atomic mass is 10.1. The Morgan fingerprint density at radius 3 is 2.10 bits per heavy atom. The maximum atomic E-state index is 13.6. The summed E-state index contributed by atoms with van der Waals surface area (Å²) in [7, 11) is 0. The van der Waals surface area contributed by atoms with Crippen molar-refractivity contribution in [3.05, 3.63) is 166 Å². The SMILES string of the molecule is O=C(Nc1cccc(SC(C(=O)Nc2cc(C(F)(F)F)ccc2Cl)c2ccccc2)c1)/C(=C/c1ccc(F)cc1)NC(=O)c1ccccc1. The first-order chi connectivity index (χ1) is 23.5. The normalized spacial score (nSPS) is 12.1. The number of benzene rings is 5. The van der Waals surface area contributed by atoms with Crippen molar-refractivity contribution in [2.24, 2.45) is 0 Å². The molecule has 1 unspecified atom stereocenters. The summed E-state index contributed by atoms with van der Waals surface area (Å²) in [5.74, 6) is -2.30. The van der Waals surface area contributed by atoms with Crippen LogP contribution in [0.15, 0.2) is 138 Å². The van der Waals surface area contributed by atoms with E-state index in [1.165, 1.54) is 30.3 Å². The zero-order valence-corrected chi connectivity index (χ0v) is 26.9. The zero-order chi connectivity index (χ0) is 35.0. The summed E-state index contributed by atoms with van der Waals surface area (Å²) < 4.78 is 53.6. The first-order valence-corrected chi connectivity index (χ1v) is 15.9. The fraction of sp³-hybridized carbons (Fsp3) is 0.0541. The second-order valence-electron chi connectivity index (χ2n) is 10.5. The van der Waals surface area contributed by atoms with E-state index in [9.17, 15) is 31.9 Å². The molecule has 0 saturated heterocycles. The van der Waals surface area contributed by atoms with Crippen molar-refractivity contribution in [1.82, 2.24) is 5.32 Å². The molecule has 0 aliphatic carbocycles. The van der Waals surface area contributed by atoms with Gasteiger partial charge in [-0.3, -0.25) is 14.4 Å². The van der Waals surface area contributed by atoms with Crippen molar-refractivity contribution in [1.29, 1.82) is 0 Å². The minimum absolute atomic E-state index is 0.0632. The van der Waals surface area contributed by atoms with Crippen LogP contribution in [0.1, 0.15) is 32.3 Å². The molecule has 0 heterocycles. The molecule has 3 N–H and O–H groups in total. The van der Waals surface area contributed by atoms with Crippen LogP contribution in [0.5, 0.6) is 0 Å². The summed E-state index contributed by atoms with van der Waals surface area (Å²) in [5, 5.41) is 6.90. The van der Waals surface area contributed by atoms with Crippen LogP contribution in [-0.2, 0) is 15.8 Å². The third-order valence-electron chi connectivity index (χ3n) is 6.95. The molecule has 5 aromatic carbocycles. The van der Waals surface area contributed by atoms with Crippen molar-refractivity contribution >= 4 is 58.5 Å². The number of carbonyl (C=O) groups is 3. The maximum absolute atomic E-state index is 13.6. The van der Waals surface area contributed by atoms with Crippen molar-refractivity contribution in [2.45, 2.75) is 16.3 Å². The van der Waals surface area contributed by atoms with Crippen LogP contribution in [0.2, 0.25) is 5.02 Å². The van der Waals surface area contributed by atoms with Crippen LogP contribution in [0.4, 0.5) is 28.9 Å². The number of thioether (sulfide) groups is 1. The topological polar surface area (TPSA) is 87.3 Å². The van der Waals surface area contributed by atoms with E-state index in [4.69, 9.17) is 11.6 Å². The number of alkyl halides is 3. The number of hydrogen-bond acceptors (Lipinski definition) is 4. The summed E-state index contributed by atoms with van der Waals surface area (Å²) in [6.07, 6.45) is -3.23. The van der Waals surface area contributed by atoms with E-state index in [2.05, 4.69) is 16.0 Å². The lowest BCUT2D eigenvalue weighted by Gasteiger charge is -2.19. The maximum Gasteiger partial charge on any atom is 0.416 e. The molecule has 248 valence electrons. The highest BCUT2D eigenvalue weighted by molar-refractivity contribution is 8.00. The third-order valence-corrected chi connectivity index (χ3v) is 8.53. The van der Waals surface area contributed by atoms with Gasteiger partial charge in [-0.2, -0.15) is 13.2 Å². The highest BCUT2D eigenvalue weighted by atomic mass is 35.5. The molecule has 0 radical (unpaired) electrons. The molecule has 6 nitrogen and oxygen atoms in total. The molecule has 5 aromatic rings. The average Bonchev–Trinajstić information content (AvgIpc) is 3.09. The number of carbonyl (C=O) groups excluding carboxylic acids is 3. The van der Waals surface area contributed by atoms with Crippen LogP contribution >= 0.6 is 23.4 Å². The van der Waals surface area contributed by atoms with Gasteiger partial charge in [-0.05, 0) is 77.9 Å². The van der Waals surface area contributed by atoms with Crippen LogP contribution < -0.4 is 16.0 Å². The molecule has 0 aliphatic rings. The van der Waals surface area contributed by atoms with Gasteiger partial charge in [-0.15, -0.1) is 11.8 Å². The highest BCUT2D eigenvalue weighted by Gasteiger charge is 2.32. The quantitative estimate of drug-likeness (QED) is 0.0769. The van der Waals surface area contributed by atoms with Gasteiger partial charge in [0.25, 0.3) is 11.8 Å². The van der Waals surface area contributed by atoms with E-state index >= 15 is 0 Å². The fourth-order valence-electron chi connectivity index (χ4n) is 4.55. The number of anilines is 2. The van der Waals surface area contributed by atoms with E-state index in [-0.39, 0.29) is 16.4 Å². The van der Waals surface area contributed by atoms with Crippen molar-refractivity contribution in [2.75, 3.05) is 10.6 Å².